The lowest BCUT2D eigenvalue weighted by molar-refractivity contribution is 0.0801. The molecule has 0 aliphatic rings. The quantitative estimate of drug-likeness (QED) is 0.704. The van der Waals surface area contributed by atoms with E-state index in [-0.39, 0.29) is 11.5 Å². The number of aromatic nitrogens is 3. The van der Waals surface area contributed by atoms with Gasteiger partial charge in [-0.25, -0.2) is 4.98 Å². The number of hydrogen-bond acceptors (Lipinski definition) is 5. The van der Waals surface area contributed by atoms with Crippen LogP contribution in [0.25, 0.3) is 10.2 Å². The molecule has 0 N–H and O–H groups in total. The first-order chi connectivity index (χ1) is 12.0. The van der Waals surface area contributed by atoms with Crippen molar-refractivity contribution in [2.45, 2.75) is 26.8 Å². The van der Waals surface area contributed by atoms with Crippen molar-refractivity contribution in [3.63, 3.8) is 0 Å². The molecule has 3 aromatic rings. The van der Waals surface area contributed by atoms with E-state index in [1.807, 2.05) is 26.0 Å². The van der Waals surface area contributed by atoms with Crippen molar-refractivity contribution in [3.8, 4) is 0 Å². The smallest absolute Gasteiger partial charge is 0.264 e. The van der Waals surface area contributed by atoms with Gasteiger partial charge in [-0.1, -0.05) is 0 Å². The van der Waals surface area contributed by atoms with E-state index in [9.17, 15) is 9.59 Å². The molecule has 6 nitrogen and oxygen atoms in total. The van der Waals surface area contributed by atoms with Gasteiger partial charge in [-0.2, -0.15) is 0 Å². The van der Waals surface area contributed by atoms with Gasteiger partial charge in [-0.05, 0) is 43.5 Å². The number of fused-ring (bicyclic) bond motifs is 1. The lowest BCUT2D eigenvalue weighted by atomic mass is 10.1. The second-order valence-electron chi connectivity index (χ2n) is 5.90. The topological polar surface area (TPSA) is 68.1 Å². The van der Waals surface area contributed by atoms with Crippen molar-refractivity contribution in [3.05, 3.63) is 57.2 Å². The fourth-order valence-corrected chi connectivity index (χ4v) is 3.84. The molecule has 0 aromatic carbocycles. The Morgan fingerprint density at radius 3 is 2.72 bits per heavy atom. The second-order valence-corrected chi connectivity index (χ2v) is 6.90. The highest BCUT2D eigenvalue weighted by atomic mass is 32.1. The molecule has 0 aliphatic heterocycles. The highest BCUT2D eigenvalue weighted by Gasteiger charge is 2.21. The summed E-state index contributed by atoms with van der Waals surface area (Å²) in [4.78, 5) is 36.5. The van der Waals surface area contributed by atoms with Gasteiger partial charge in [-0.15, -0.1) is 11.3 Å². The molecule has 3 aromatic heterocycles. The van der Waals surface area contributed by atoms with Crippen LogP contribution in [-0.2, 0) is 13.0 Å². The molecular formula is C18H20N4O2S. The molecule has 0 saturated carbocycles. The molecule has 7 heteroatoms. The van der Waals surface area contributed by atoms with Gasteiger partial charge in [0, 0.05) is 32.5 Å². The van der Waals surface area contributed by atoms with Crippen molar-refractivity contribution >= 4 is 27.5 Å². The molecule has 130 valence electrons. The molecule has 0 saturated heterocycles. The van der Waals surface area contributed by atoms with Crippen LogP contribution in [0.15, 0.2) is 35.6 Å². The zero-order chi connectivity index (χ0) is 18.0. The van der Waals surface area contributed by atoms with E-state index in [1.54, 1.807) is 35.2 Å². The molecule has 3 rings (SSSR count). The SMILES string of the molecule is CCn1cnc2sc(C(=O)N(C)CCc3ccncc3)c(C)c2c1=O. The average Bonchev–Trinajstić information content (AvgIpc) is 2.97. The van der Waals surface area contributed by atoms with Crippen LogP contribution < -0.4 is 5.56 Å². The Morgan fingerprint density at radius 1 is 1.32 bits per heavy atom. The predicted molar refractivity (Wildman–Crippen MR) is 99.2 cm³/mol. The fraction of sp³-hybridized carbons (Fsp3) is 0.333. The maximum absolute atomic E-state index is 12.8. The molecule has 25 heavy (non-hydrogen) atoms. The van der Waals surface area contributed by atoms with Gasteiger partial charge in [-0.3, -0.25) is 19.1 Å². The number of aryl methyl sites for hydroxylation is 2. The molecule has 0 fully saturated rings. The van der Waals surface area contributed by atoms with Crippen LogP contribution >= 0.6 is 11.3 Å². The Hall–Kier alpha value is -2.54. The molecule has 0 unspecified atom stereocenters. The number of carbonyl (C=O) groups is 1. The van der Waals surface area contributed by atoms with Crippen LogP contribution in [0.1, 0.15) is 27.7 Å². The van der Waals surface area contributed by atoms with Crippen molar-refractivity contribution in [1.82, 2.24) is 19.4 Å². The number of hydrogen-bond donors (Lipinski definition) is 0. The van der Waals surface area contributed by atoms with E-state index >= 15 is 0 Å². The Balaban J connectivity index is 1.85. The van der Waals surface area contributed by atoms with Gasteiger partial charge >= 0.3 is 0 Å². The summed E-state index contributed by atoms with van der Waals surface area (Å²) in [6.45, 7) is 4.89. The van der Waals surface area contributed by atoms with Gasteiger partial charge in [0.25, 0.3) is 11.5 Å². The first-order valence-corrected chi connectivity index (χ1v) is 8.97. The van der Waals surface area contributed by atoms with Gasteiger partial charge in [0.15, 0.2) is 0 Å². The van der Waals surface area contributed by atoms with E-state index in [0.717, 1.165) is 17.5 Å². The summed E-state index contributed by atoms with van der Waals surface area (Å²) in [5.41, 5.74) is 1.77. The highest BCUT2D eigenvalue weighted by molar-refractivity contribution is 7.20. The Kier molecular flexibility index (Phi) is 4.94. The zero-order valence-corrected chi connectivity index (χ0v) is 15.3. The maximum atomic E-state index is 12.8. The van der Waals surface area contributed by atoms with E-state index in [4.69, 9.17) is 0 Å². The number of pyridine rings is 1. The van der Waals surface area contributed by atoms with E-state index in [1.165, 1.54) is 11.3 Å². The second kappa shape index (κ2) is 7.14. The van der Waals surface area contributed by atoms with E-state index < -0.39 is 0 Å². The highest BCUT2D eigenvalue weighted by Crippen LogP contribution is 2.27. The fourth-order valence-electron chi connectivity index (χ4n) is 2.71. The lowest BCUT2D eigenvalue weighted by Gasteiger charge is -2.16. The first kappa shape index (κ1) is 17.3. The minimum absolute atomic E-state index is 0.0722. The van der Waals surface area contributed by atoms with Crippen molar-refractivity contribution in [2.24, 2.45) is 0 Å². The molecule has 0 atom stereocenters. The Morgan fingerprint density at radius 2 is 2.04 bits per heavy atom. The van der Waals surface area contributed by atoms with Crippen LogP contribution in [0.5, 0.6) is 0 Å². The monoisotopic (exact) mass is 356 g/mol. The molecule has 0 bridgehead atoms. The number of amides is 1. The molecular weight excluding hydrogens is 336 g/mol. The third-order valence-electron chi connectivity index (χ3n) is 4.28. The van der Waals surface area contributed by atoms with Gasteiger partial charge < -0.3 is 4.90 Å². The summed E-state index contributed by atoms with van der Waals surface area (Å²) in [6, 6.07) is 3.89. The first-order valence-electron chi connectivity index (χ1n) is 8.15. The van der Waals surface area contributed by atoms with Crippen LogP contribution in [0.4, 0.5) is 0 Å². The van der Waals surface area contributed by atoms with Crippen LogP contribution in [0.3, 0.4) is 0 Å². The summed E-state index contributed by atoms with van der Waals surface area (Å²) < 4.78 is 1.56. The summed E-state index contributed by atoms with van der Waals surface area (Å²) in [7, 11) is 1.78. The summed E-state index contributed by atoms with van der Waals surface area (Å²) in [6.07, 6.45) is 5.80. The van der Waals surface area contributed by atoms with Crippen molar-refractivity contribution < 1.29 is 4.79 Å². The van der Waals surface area contributed by atoms with Crippen LogP contribution in [-0.4, -0.2) is 38.9 Å². The maximum Gasteiger partial charge on any atom is 0.264 e. The average molecular weight is 356 g/mol. The van der Waals surface area contributed by atoms with E-state index in [2.05, 4.69) is 9.97 Å². The zero-order valence-electron chi connectivity index (χ0n) is 14.5. The number of nitrogens with zero attached hydrogens (tertiary/aromatic N) is 4. The van der Waals surface area contributed by atoms with Crippen molar-refractivity contribution in [1.29, 1.82) is 0 Å². The molecule has 1 amide bonds. The summed E-state index contributed by atoms with van der Waals surface area (Å²) in [5, 5.41) is 0.556. The summed E-state index contributed by atoms with van der Waals surface area (Å²) in [5.74, 6) is -0.0722. The van der Waals surface area contributed by atoms with Crippen molar-refractivity contribution in [2.75, 3.05) is 13.6 Å². The van der Waals surface area contributed by atoms with Crippen LogP contribution in [0, 0.1) is 6.92 Å². The predicted octanol–water partition coefficient (Wildman–Crippen LogP) is 2.50. The van der Waals surface area contributed by atoms with Gasteiger partial charge in [0.2, 0.25) is 0 Å². The lowest BCUT2D eigenvalue weighted by Crippen LogP contribution is -2.28. The van der Waals surface area contributed by atoms with Crippen LogP contribution in [0.2, 0.25) is 0 Å². The third kappa shape index (κ3) is 3.32. The minimum Gasteiger partial charge on any atom is -0.341 e. The number of thiophene rings is 1. The Labute approximate surface area is 149 Å². The number of rotatable bonds is 5. The van der Waals surface area contributed by atoms with Gasteiger partial charge in [0.05, 0.1) is 16.6 Å². The standard InChI is InChI=1S/C18H20N4O2S/c1-4-22-11-20-16-14(17(22)23)12(2)15(25-16)18(24)21(3)10-7-13-5-8-19-9-6-13/h5-6,8-9,11H,4,7,10H2,1-3H3. The Bertz CT molecular complexity index is 962. The third-order valence-corrected chi connectivity index (χ3v) is 5.47. The largest absolute Gasteiger partial charge is 0.341 e. The number of carbonyl (C=O) groups excluding carboxylic acids is 1. The molecule has 0 radical (unpaired) electrons. The normalized spacial score (nSPS) is 11.0. The van der Waals surface area contributed by atoms with Gasteiger partial charge in [0.1, 0.15) is 4.83 Å². The molecule has 0 aliphatic carbocycles. The number of likely N-dealkylation sites (N-methyl/N-ethyl adjacent to an activating group) is 1. The minimum atomic E-state index is -0.0836. The molecule has 3 heterocycles. The molecule has 0 spiro atoms. The summed E-state index contributed by atoms with van der Waals surface area (Å²) >= 11 is 1.29. The van der Waals surface area contributed by atoms with E-state index in [0.29, 0.717) is 28.2 Å².